The largest absolute Gasteiger partial charge is 0.332 e. The van der Waals surface area contributed by atoms with Crippen LogP contribution in [0.15, 0.2) is 72.8 Å². The van der Waals surface area contributed by atoms with E-state index in [2.05, 4.69) is 22.8 Å². The minimum atomic E-state index is -0.693. The molecule has 0 aliphatic rings. The molecule has 0 fully saturated rings. The second-order valence-electron chi connectivity index (χ2n) is 5.52. The van der Waals surface area contributed by atoms with Gasteiger partial charge in [-0.25, -0.2) is 8.78 Å². The van der Waals surface area contributed by atoms with E-state index < -0.39 is 11.6 Å². The van der Waals surface area contributed by atoms with Gasteiger partial charge in [-0.15, -0.1) is 0 Å². The van der Waals surface area contributed by atoms with Crippen LogP contribution in [0.5, 0.6) is 0 Å². The second kappa shape index (κ2) is 7.85. The lowest BCUT2D eigenvalue weighted by Crippen LogP contribution is -2.20. The zero-order valence-electron chi connectivity index (χ0n) is 13.3. The zero-order chi connectivity index (χ0) is 17.6. The molecule has 0 saturated carbocycles. The molecule has 0 radical (unpaired) electrons. The van der Waals surface area contributed by atoms with E-state index in [0.717, 1.165) is 23.7 Å². The fourth-order valence-corrected chi connectivity index (χ4v) is 2.70. The average Bonchev–Trinajstić information content (AvgIpc) is 2.60. The van der Waals surface area contributed by atoms with Crippen LogP contribution in [0.2, 0.25) is 0 Å². The zero-order valence-corrected chi connectivity index (χ0v) is 14.1. The van der Waals surface area contributed by atoms with Crippen molar-refractivity contribution in [1.29, 1.82) is 0 Å². The van der Waals surface area contributed by atoms with Gasteiger partial charge >= 0.3 is 0 Å². The Labute approximate surface area is 150 Å². The highest BCUT2D eigenvalue weighted by Gasteiger charge is 2.08. The first kappa shape index (κ1) is 17.0. The SMILES string of the molecule is Fc1ccc(NC(=S)Nc2ccccc2Cc2ccccc2)c(F)c1. The molecule has 3 aromatic carbocycles. The molecule has 0 heterocycles. The molecule has 2 N–H and O–H groups in total. The van der Waals surface area contributed by atoms with Gasteiger partial charge in [0.2, 0.25) is 0 Å². The van der Waals surface area contributed by atoms with Gasteiger partial charge in [0.15, 0.2) is 5.11 Å². The molecule has 3 aromatic rings. The Hall–Kier alpha value is -2.79. The summed E-state index contributed by atoms with van der Waals surface area (Å²) in [6.07, 6.45) is 0.748. The Morgan fingerprint density at radius 2 is 1.48 bits per heavy atom. The Bertz CT molecular complexity index is 882. The summed E-state index contributed by atoms with van der Waals surface area (Å²) in [5.74, 6) is -1.32. The quantitative estimate of drug-likeness (QED) is 0.617. The maximum Gasteiger partial charge on any atom is 0.175 e. The summed E-state index contributed by atoms with van der Waals surface area (Å²) >= 11 is 5.25. The molecule has 0 amide bonds. The number of rotatable bonds is 4. The number of anilines is 2. The Kier molecular flexibility index (Phi) is 5.36. The molecule has 0 aliphatic heterocycles. The molecule has 25 heavy (non-hydrogen) atoms. The van der Waals surface area contributed by atoms with E-state index in [0.29, 0.717) is 0 Å². The van der Waals surface area contributed by atoms with Gasteiger partial charge in [-0.3, -0.25) is 0 Å². The van der Waals surface area contributed by atoms with Crippen molar-refractivity contribution in [1.82, 2.24) is 0 Å². The van der Waals surface area contributed by atoms with E-state index in [9.17, 15) is 8.78 Å². The fourth-order valence-electron chi connectivity index (χ4n) is 2.48. The summed E-state index contributed by atoms with van der Waals surface area (Å²) in [4.78, 5) is 0. The third-order valence-corrected chi connectivity index (χ3v) is 3.89. The normalized spacial score (nSPS) is 10.3. The molecule has 126 valence electrons. The molecular formula is C20H16F2N2S. The minimum Gasteiger partial charge on any atom is -0.332 e. The van der Waals surface area contributed by atoms with Crippen molar-refractivity contribution in [3.05, 3.63) is 95.6 Å². The maximum atomic E-state index is 13.7. The van der Waals surface area contributed by atoms with Crippen LogP contribution in [-0.4, -0.2) is 5.11 Å². The van der Waals surface area contributed by atoms with E-state index in [1.54, 1.807) is 0 Å². The minimum absolute atomic E-state index is 0.124. The monoisotopic (exact) mass is 354 g/mol. The first-order valence-electron chi connectivity index (χ1n) is 7.77. The van der Waals surface area contributed by atoms with Crippen molar-refractivity contribution in [3.63, 3.8) is 0 Å². The third-order valence-electron chi connectivity index (χ3n) is 3.68. The summed E-state index contributed by atoms with van der Waals surface area (Å²) in [5.41, 5.74) is 3.21. The summed E-state index contributed by atoms with van der Waals surface area (Å²) in [6, 6.07) is 21.2. The number of halogens is 2. The number of hydrogen-bond donors (Lipinski definition) is 2. The van der Waals surface area contributed by atoms with Gasteiger partial charge in [0.1, 0.15) is 11.6 Å². The first-order chi connectivity index (χ1) is 12.1. The molecule has 0 aromatic heterocycles. The molecular weight excluding hydrogens is 338 g/mol. The van der Waals surface area contributed by atoms with Crippen LogP contribution in [0.4, 0.5) is 20.2 Å². The molecule has 0 aliphatic carbocycles. The summed E-state index contributed by atoms with van der Waals surface area (Å²) < 4.78 is 26.7. The van der Waals surface area contributed by atoms with Crippen LogP contribution >= 0.6 is 12.2 Å². The maximum absolute atomic E-state index is 13.7. The fraction of sp³-hybridized carbons (Fsp3) is 0.0500. The van der Waals surface area contributed by atoms with Gasteiger partial charge in [-0.05, 0) is 48.0 Å². The van der Waals surface area contributed by atoms with Crippen LogP contribution in [0.3, 0.4) is 0 Å². The Morgan fingerprint density at radius 3 is 2.24 bits per heavy atom. The molecule has 0 saturated heterocycles. The van der Waals surface area contributed by atoms with E-state index in [1.165, 1.54) is 17.7 Å². The lowest BCUT2D eigenvalue weighted by molar-refractivity contribution is 0.586. The van der Waals surface area contributed by atoms with E-state index in [-0.39, 0.29) is 10.8 Å². The number of thiocarbonyl (C=S) groups is 1. The van der Waals surface area contributed by atoms with Crippen molar-refractivity contribution in [3.8, 4) is 0 Å². The van der Waals surface area contributed by atoms with Gasteiger partial charge < -0.3 is 10.6 Å². The van der Waals surface area contributed by atoms with Gasteiger partial charge in [-0.1, -0.05) is 48.5 Å². The molecule has 0 spiro atoms. The summed E-state index contributed by atoms with van der Waals surface area (Å²) in [5, 5.41) is 6.08. The van der Waals surface area contributed by atoms with Crippen LogP contribution in [0, 0.1) is 11.6 Å². The smallest absolute Gasteiger partial charge is 0.175 e. The predicted molar refractivity (Wildman–Crippen MR) is 102 cm³/mol. The summed E-state index contributed by atoms with van der Waals surface area (Å²) in [7, 11) is 0. The second-order valence-corrected chi connectivity index (χ2v) is 5.93. The standard InChI is InChI=1S/C20H16F2N2S/c21-16-10-11-19(17(22)13-16)24-20(25)23-18-9-5-4-8-15(18)12-14-6-2-1-3-7-14/h1-11,13H,12H2,(H2,23,24,25). The van der Waals surface area contributed by atoms with E-state index in [4.69, 9.17) is 12.2 Å². The molecule has 0 atom stereocenters. The van der Waals surface area contributed by atoms with Gasteiger partial charge in [-0.2, -0.15) is 0 Å². The van der Waals surface area contributed by atoms with Crippen molar-refractivity contribution in [2.75, 3.05) is 10.6 Å². The van der Waals surface area contributed by atoms with Crippen LogP contribution in [-0.2, 0) is 6.42 Å². The van der Waals surface area contributed by atoms with Crippen molar-refractivity contribution < 1.29 is 8.78 Å². The lowest BCUT2D eigenvalue weighted by Gasteiger charge is -2.14. The van der Waals surface area contributed by atoms with Gasteiger partial charge in [0.05, 0.1) is 5.69 Å². The number of hydrogen-bond acceptors (Lipinski definition) is 1. The van der Waals surface area contributed by atoms with Gasteiger partial charge in [0, 0.05) is 11.8 Å². The highest BCUT2D eigenvalue weighted by molar-refractivity contribution is 7.80. The van der Waals surface area contributed by atoms with Crippen molar-refractivity contribution in [2.45, 2.75) is 6.42 Å². The number of benzene rings is 3. The molecule has 0 bridgehead atoms. The first-order valence-corrected chi connectivity index (χ1v) is 8.17. The third kappa shape index (κ3) is 4.61. The van der Waals surface area contributed by atoms with Crippen molar-refractivity contribution in [2.24, 2.45) is 0 Å². The predicted octanol–water partition coefficient (Wildman–Crippen LogP) is 5.36. The van der Waals surface area contributed by atoms with E-state index >= 15 is 0 Å². The number of para-hydroxylation sites is 1. The van der Waals surface area contributed by atoms with Gasteiger partial charge in [0.25, 0.3) is 0 Å². The Morgan fingerprint density at radius 1 is 0.800 bits per heavy atom. The summed E-state index contributed by atoms with van der Waals surface area (Å²) in [6.45, 7) is 0. The molecule has 0 unspecified atom stereocenters. The Balaban J connectivity index is 1.73. The highest BCUT2D eigenvalue weighted by atomic mass is 32.1. The number of nitrogens with one attached hydrogen (secondary N) is 2. The van der Waals surface area contributed by atoms with Crippen LogP contribution in [0.1, 0.15) is 11.1 Å². The van der Waals surface area contributed by atoms with Crippen LogP contribution in [0.25, 0.3) is 0 Å². The highest BCUT2D eigenvalue weighted by Crippen LogP contribution is 2.20. The van der Waals surface area contributed by atoms with Crippen molar-refractivity contribution >= 4 is 28.7 Å². The van der Waals surface area contributed by atoms with E-state index in [1.807, 2.05) is 42.5 Å². The molecule has 3 rings (SSSR count). The average molecular weight is 354 g/mol. The molecule has 5 heteroatoms. The van der Waals surface area contributed by atoms with Crippen LogP contribution < -0.4 is 10.6 Å². The molecule has 2 nitrogen and oxygen atoms in total. The topological polar surface area (TPSA) is 24.1 Å². The lowest BCUT2D eigenvalue weighted by atomic mass is 10.0.